The van der Waals surface area contributed by atoms with E-state index in [1.807, 2.05) is 0 Å². The Bertz CT molecular complexity index is 1690. The van der Waals surface area contributed by atoms with Crippen LogP contribution in [0.3, 0.4) is 0 Å². The number of carbonyl (C=O) groups is 3. The summed E-state index contributed by atoms with van der Waals surface area (Å²) in [7, 11) is 0. The molecular formula is C41H53ClF9NO10. The van der Waals surface area contributed by atoms with Crippen LogP contribution in [0.25, 0.3) is 0 Å². The summed E-state index contributed by atoms with van der Waals surface area (Å²) in [5, 5.41) is 14.6. The number of rotatable bonds is 16. The Morgan fingerprint density at radius 1 is 0.484 bits per heavy atom. The summed E-state index contributed by atoms with van der Waals surface area (Å²) >= 11 is 5.13. The molecule has 0 unspecified atom stereocenters. The third-order valence-electron chi connectivity index (χ3n) is 6.32. The maximum Gasteiger partial charge on any atom is 0.344 e. The van der Waals surface area contributed by atoms with Crippen molar-refractivity contribution in [2.75, 3.05) is 46.1 Å². The molecule has 3 aromatic carbocycles. The maximum absolute atomic E-state index is 12.7. The standard InChI is InChI=1S/C20H12F6O6.C9H4ClF3O2.C6H15N.C2H6O2.4CH4/c21-15(22)17(25)31-13-5-1-11(2-6-13)19(27)29-9-10-30-20(28)12-3-7-14(8-4-12)32-18(26)16(23)24;10-7(14)5-1-3-6(4-2-5)15-9(13)8(11)12;1-4-7(5-2)6-3;3-1-2-4;;;;/h1-8H,9-10H2;1-4H;4-6H2,1-3H3;3-4H,1-2H2;4*1H4. The summed E-state index contributed by atoms with van der Waals surface area (Å²) < 4.78 is 131. The number of benzene rings is 3. The van der Waals surface area contributed by atoms with Gasteiger partial charge in [0.15, 0.2) is 0 Å². The summed E-state index contributed by atoms with van der Waals surface area (Å²) in [5.41, 5.74) is 0.153. The monoisotopic (exact) mass is 925 g/mol. The Kier molecular flexibility index (Phi) is 39.3. The Labute approximate surface area is 360 Å². The Balaban J connectivity index is -0.000000300. The van der Waals surface area contributed by atoms with E-state index >= 15 is 0 Å². The van der Waals surface area contributed by atoms with Crippen molar-refractivity contribution in [1.82, 2.24) is 4.90 Å². The summed E-state index contributed by atoms with van der Waals surface area (Å²) in [4.78, 5) is 36.7. The SMILES string of the molecule is C.C.C.C.CCN(CC)CC.O=C(Cl)c1ccc(OC(F)=C(F)F)cc1.O=C(OCCOC(=O)c1ccc(OC(F)=C(F)F)cc1)c1ccc(OC(F)=C(F)F)cc1.OCCO. The van der Waals surface area contributed by atoms with Crippen LogP contribution in [0.1, 0.15) is 81.6 Å². The van der Waals surface area contributed by atoms with Gasteiger partial charge in [0.2, 0.25) is 0 Å². The first-order valence-corrected chi connectivity index (χ1v) is 16.8. The van der Waals surface area contributed by atoms with E-state index in [-0.39, 0.29) is 90.1 Å². The first-order valence-electron chi connectivity index (χ1n) is 16.4. The molecule has 0 radical (unpaired) electrons. The van der Waals surface area contributed by atoms with Crippen LogP contribution in [0.4, 0.5) is 39.5 Å². The highest BCUT2D eigenvalue weighted by Gasteiger charge is 2.13. The van der Waals surface area contributed by atoms with Gasteiger partial charge < -0.3 is 38.8 Å². The number of hydrogen-bond acceptors (Lipinski definition) is 11. The number of aliphatic hydroxyl groups is 2. The maximum atomic E-state index is 12.7. The predicted octanol–water partition coefficient (Wildman–Crippen LogP) is 11.9. The van der Waals surface area contributed by atoms with Gasteiger partial charge >= 0.3 is 48.2 Å². The molecule has 0 amide bonds. The lowest BCUT2D eigenvalue weighted by atomic mass is 10.2. The molecule has 0 saturated heterocycles. The fourth-order valence-electron chi connectivity index (χ4n) is 3.50. The second-order valence-corrected chi connectivity index (χ2v) is 10.4. The molecule has 0 saturated carbocycles. The number of halogens is 10. The molecule has 0 fully saturated rings. The van der Waals surface area contributed by atoms with Gasteiger partial charge in [-0.05, 0) is 104 Å². The molecule has 3 rings (SSSR count). The van der Waals surface area contributed by atoms with Crippen molar-refractivity contribution in [1.29, 1.82) is 0 Å². The van der Waals surface area contributed by atoms with Gasteiger partial charge in [-0.1, -0.05) is 50.5 Å². The second-order valence-electron chi connectivity index (χ2n) is 10.1. The highest BCUT2D eigenvalue weighted by atomic mass is 35.5. The molecule has 62 heavy (non-hydrogen) atoms. The van der Waals surface area contributed by atoms with Crippen molar-refractivity contribution in [3.8, 4) is 17.2 Å². The van der Waals surface area contributed by atoms with E-state index in [4.69, 9.17) is 31.3 Å². The first-order chi connectivity index (χ1) is 27.4. The van der Waals surface area contributed by atoms with Crippen LogP contribution in [0.2, 0.25) is 0 Å². The van der Waals surface area contributed by atoms with Crippen molar-refractivity contribution in [2.45, 2.75) is 50.5 Å². The average Bonchev–Trinajstić information content (AvgIpc) is 3.21. The van der Waals surface area contributed by atoms with Crippen molar-refractivity contribution in [2.24, 2.45) is 0 Å². The molecule has 0 spiro atoms. The molecule has 2 N–H and O–H groups in total. The van der Waals surface area contributed by atoms with E-state index in [1.54, 1.807) is 0 Å². The molecule has 0 bridgehead atoms. The zero-order valence-electron chi connectivity index (χ0n) is 30.8. The van der Waals surface area contributed by atoms with Gasteiger partial charge in [-0.3, -0.25) is 4.79 Å². The van der Waals surface area contributed by atoms with Crippen LogP contribution in [0.15, 0.2) is 109 Å². The minimum Gasteiger partial charge on any atom is -0.458 e. The van der Waals surface area contributed by atoms with Gasteiger partial charge in [0, 0.05) is 5.56 Å². The summed E-state index contributed by atoms with van der Waals surface area (Å²) in [6, 6.07) is 7.49. The Morgan fingerprint density at radius 2 is 0.726 bits per heavy atom. The number of carbonyl (C=O) groups excluding carboxylic acids is 3. The Hall–Kier alpha value is -5.57. The van der Waals surface area contributed by atoms with Crippen LogP contribution in [-0.4, -0.2) is 78.4 Å². The zero-order valence-corrected chi connectivity index (χ0v) is 31.5. The fourth-order valence-corrected chi connectivity index (χ4v) is 3.63. The molecule has 0 aliphatic heterocycles. The normalized spacial score (nSPS) is 9.16. The van der Waals surface area contributed by atoms with E-state index < -0.39 is 53.5 Å². The number of nitrogens with zero attached hydrogens (tertiary/aromatic N) is 1. The lowest BCUT2D eigenvalue weighted by molar-refractivity contribution is 0.0265. The lowest BCUT2D eigenvalue weighted by Crippen LogP contribution is -2.21. The number of esters is 2. The molecule has 0 heterocycles. The predicted molar refractivity (Wildman–Crippen MR) is 218 cm³/mol. The van der Waals surface area contributed by atoms with E-state index in [0.29, 0.717) is 0 Å². The van der Waals surface area contributed by atoms with Crippen molar-refractivity contribution >= 4 is 28.8 Å². The van der Waals surface area contributed by atoms with E-state index in [9.17, 15) is 53.9 Å². The smallest absolute Gasteiger partial charge is 0.344 e. The lowest BCUT2D eigenvalue weighted by Gasteiger charge is -2.13. The van der Waals surface area contributed by atoms with Gasteiger partial charge in [-0.25, -0.2) is 9.59 Å². The van der Waals surface area contributed by atoms with E-state index in [2.05, 4.69) is 39.9 Å². The highest BCUT2D eigenvalue weighted by molar-refractivity contribution is 6.67. The van der Waals surface area contributed by atoms with Gasteiger partial charge in [0.25, 0.3) is 5.24 Å². The molecule has 0 atom stereocenters. The van der Waals surface area contributed by atoms with Crippen LogP contribution < -0.4 is 14.2 Å². The molecule has 11 nitrogen and oxygen atoms in total. The van der Waals surface area contributed by atoms with Crippen LogP contribution in [0, 0.1) is 0 Å². The van der Waals surface area contributed by atoms with Gasteiger partial charge in [-0.15, -0.1) is 0 Å². The largest absolute Gasteiger partial charge is 0.458 e. The fraction of sp³-hybridized carbons (Fsp3) is 0.341. The third kappa shape index (κ3) is 28.0. The quantitative estimate of drug-likeness (QED) is 0.0466. The molecule has 0 aliphatic carbocycles. The molecule has 0 aliphatic rings. The molecule has 352 valence electrons. The van der Waals surface area contributed by atoms with Gasteiger partial charge in [0.1, 0.15) is 30.5 Å². The second kappa shape index (κ2) is 37.2. The summed E-state index contributed by atoms with van der Waals surface area (Å²) in [5.74, 6) is -2.37. The van der Waals surface area contributed by atoms with Crippen molar-refractivity contribution in [3.63, 3.8) is 0 Å². The summed E-state index contributed by atoms with van der Waals surface area (Å²) in [6.07, 6.45) is -7.82. The minimum absolute atomic E-state index is 0. The Morgan fingerprint density at radius 3 is 0.903 bits per heavy atom. The van der Waals surface area contributed by atoms with E-state index in [1.165, 1.54) is 31.8 Å². The number of hydrogen-bond donors (Lipinski definition) is 2. The van der Waals surface area contributed by atoms with Gasteiger partial charge in [-0.2, -0.15) is 39.5 Å². The minimum atomic E-state index is -2.63. The zero-order chi connectivity index (χ0) is 44.2. The van der Waals surface area contributed by atoms with Gasteiger partial charge in [0.05, 0.1) is 24.3 Å². The topological polar surface area (TPSA) is 141 Å². The summed E-state index contributed by atoms with van der Waals surface area (Å²) in [6.45, 7) is 9.21. The average molecular weight is 926 g/mol. The van der Waals surface area contributed by atoms with Crippen LogP contribution in [-0.2, 0) is 9.47 Å². The van der Waals surface area contributed by atoms with Crippen LogP contribution in [0.5, 0.6) is 17.2 Å². The van der Waals surface area contributed by atoms with E-state index in [0.717, 1.165) is 60.7 Å². The molecule has 0 aromatic heterocycles. The highest BCUT2D eigenvalue weighted by Crippen LogP contribution is 2.22. The van der Waals surface area contributed by atoms with Crippen molar-refractivity contribution < 1.29 is 87.8 Å². The molecule has 3 aromatic rings. The van der Waals surface area contributed by atoms with Crippen LogP contribution >= 0.6 is 11.6 Å². The van der Waals surface area contributed by atoms with Crippen molar-refractivity contribution in [3.05, 3.63) is 126 Å². The first kappa shape index (κ1) is 65.5. The molecule has 21 heteroatoms. The molecular weight excluding hydrogens is 873 g/mol. The number of aliphatic hydroxyl groups excluding tert-OH is 2. The third-order valence-corrected chi connectivity index (χ3v) is 6.54. The number of ether oxygens (including phenoxy) is 5.